The van der Waals surface area contributed by atoms with Crippen LogP contribution in [0.2, 0.25) is 0 Å². The molecule has 72 valence electrons. The molecule has 4 heteroatoms. The molecule has 0 aromatic heterocycles. The first-order valence-electron chi connectivity index (χ1n) is 3.50. The standard InChI is InChI=1S/C8H18P.Pd.2Y/c1-7(2)8(3,4)9(5)6;;;/h1-6H3;;;/q-1;;;/p+1. The molecule has 0 aliphatic heterocycles. The van der Waals surface area contributed by atoms with Crippen LogP contribution in [0.4, 0.5) is 0 Å². The molecule has 0 fully saturated rings. The Hall–Kier alpha value is 3.30. The molecular weight excluding hydrogens is 411 g/mol. The van der Waals surface area contributed by atoms with Gasteiger partial charge in [-0.2, -0.15) is 13.8 Å². The zero-order chi connectivity index (χ0) is 7.65. The maximum absolute atomic E-state index is 2.37. The molecule has 0 nitrogen and oxygen atoms in total. The number of hydrogen-bond donors (Lipinski definition) is 0. The average Bonchev–Trinajstić information content (AvgIpc) is 1.65. The van der Waals surface area contributed by atoms with Crippen LogP contribution in [-0.2, 0) is 85.8 Å². The Balaban J connectivity index is -0.000000107. The number of rotatable bonds is 2. The van der Waals surface area contributed by atoms with Crippen LogP contribution in [0.3, 0.4) is 0 Å². The zero-order valence-electron chi connectivity index (χ0n) is 8.97. The first-order valence-corrected chi connectivity index (χ1v) is 6.00. The Morgan fingerprint density at radius 2 is 1.25 bits per heavy atom. The fourth-order valence-electron chi connectivity index (χ4n) is 0.500. The molecular formula is C8H19PPdY2. The summed E-state index contributed by atoms with van der Waals surface area (Å²) in [5, 5.41) is 0.519. The SMILES string of the molecule is C[C-](C)C(C)(C)[PH+](C)C.[Pd].[Y].[Y]. The quantitative estimate of drug-likeness (QED) is 0.359. The third-order valence-corrected chi connectivity index (χ3v) is 5.50. The Kier molecular flexibility index (Phi) is 22.1. The van der Waals surface area contributed by atoms with Gasteiger partial charge in [-0.05, 0) is 13.1 Å². The molecule has 0 atom stereocenters. The summed E-state index contributed by atoms with van der Waals surface area (Å²) in [7, 11) is -0.147. The van der Waals surface area contributed by atoms with Gasteiger partial charge in [0.25, 0.3) is 0 Å². The molecule has 0 aliphatic carbocycles. The fourth-order valence-corrected chi connectivity index (χ4v) is 1.50. The van der Waals surface area contributed by atoms with E-state index in [1.165, 1.54) is 0 Å². The van der Waals surface area contributed by atoms with Crippen molar-refractivity contribution in [1.29, 1.82) is 0 Å². The van der Waals surface area contributed by atoms with Crippen molar-refractivity contribution in [3.63, 3.8) is 0 Å². The van der Waals surface area contributed by atoms with E-state index < -0.39 is 0 Å². The molecule has 0 spiro atoms. The van der Waals surface area contributed by atoms with E-state index in [1.54, 1.807) is 5.92 Å². The molecule has 2 radical (unpaired) electrons. The topological polar surface area (TPSA) is 0 Å². The maximum Gasteiger partial charge on any atom is 0.0443 e. The van der Waals surface area contributed by atoms with E-state index in [0.717, 1.165) is 0 Å². The Labute approximate surface area is 143 Å². The molecule has 0 saturated heterocycles. The van der Waals surface area contributed by atoms with E-state index in [1.807, 2.05) is 0 Å². The van der Waals surface area contributed by atoms with Crippen molar-refractivity contribution in [1.82, 2.24) is 0 Å². The van der Waals surface area contributed by atoms with Crippen molar-refractivity contribution >= 4 is 7.92 Å². The summed E-state index contributed by atoms with van der Waals surface area (Å²) in [5.41, 5.74) is 0. The van der Waals surface area contributed by atoms with Gasteiger partial charge in [0.05, 0.1) is 0 Å². The van der Waals surface area contributed by atoms with Crippen LogP contribution in [-0.4, -0.2) is 18.5 Å². The molecule has 0 bridgehead atoms. The van der Waals surface area contributed by atoms with Crippen LogP contribution in [0.25, 0.3) is 0 Å². The van der Waals surface area contributed by atoms with Gasteiger partial charge < -0.3 is 0 Å². The van der Waals surface area contributed by atoms with Crippen molar-refractivity contribution in [3.05, 3.63) is 5.92 Å². The first kappa shape index (κ1) is 24.5. The average molecular weight is 430 g/mol. The van der Waals surface area contributed by atoms with Crippen molar-refractivity contribution in [3.8, 4) is 0 Å². The van der Waals surface area contributed by atoms with Crippen LogP contribution >= 0.6 is 7.92 Å². The van der Waals surface area contributed by atoms with Gasteiger partial charge in [0.2, 0.25) is 0 Å². The summed E-state index contributed by atoms with van der Waals surface area (Å²) in [6, 6.07) is 0. The summed E-state index contributed by atoms with van der Waals surface area (Å²) < 4.78 is 0. The Bertz CT molecular complexity index is 85.1. The summed E-state index contributed by atoms with van der Waals surface area (Å²) in [4.78, 5) is 0. The van der Waals surface area contributed by atoms with Gasteiger partial charge in [0.1, 0.15) is 0 Å². The molecule has 0 unspecified atom stereocenters. The van der Waals surface area contributed by atoms with Crippen LogP contribution < -0.4 is 0 Å². The second kappa shape index (κ2) is 10.8. The minimum atomic E-state index is -0.147. The molecule has 0 aromatic rings. The Morgan fingerprint density at radius 3 is 1.25 bits per heavy atom. The van der Waals surface area contributed by atoms with E-state index in [9.17, 15) is 0 Å². The fraction of sp³-hybridized carbons (Fsp3) is 0.875. The van der Waals surface area contributed by atoms with Gasteiger partial charge in [-0.1, -0.05) is 13.8 Å². The van der Waals surface area contributed by atoms with Crippen LogP contribution in [0.1, 0.15) is 27.7 Å². The van der Waals surface area contributed by atoms with Gasteiger partial charge in [-0.15, -0.1) is 0 Å². The van der Waals surface area contributed by atoms with Crippen LogP contribution in [0.15, 0.2) is 0 Å². The molecule has 0 heterocycles. The minimum Gasteiger partial charge on any atom is -0.277 e. The van der Waals surface area contributed by atoms with E-state index in [2.05, 4.69) is 41.0 Å². The second-order valence-electron chi connectivity index (χ2n) is 3.62. The van der Waals surface area contributed by atoms with Crippen LogP contribution in [0.5, 0.6) is 0 Å². The monoisotopic (exact) mass is 430 g/mol. The van der Waals surface area contributed by atoms with Gasteiger partial charge in [-0.25, -0.2) is 0 Å². The molecule has 0 saturated carbocycles. The first-order chi connectivity index (χ1) is 3.89. The smallest absolute Gasteiger partial charge is 0.0443 e. The van der Waals surface area contributed by atoms with E-state index in [4.69, 9.17) is 0 Å². The molecule has 0 amide bonds. The van der Waals surface area contributed by atoms with Crippen molar-refractivity contribution in [2.75, 3.05) is 13.3 Å². The second-order valence-corrected chi connectivity index (χ2v) is 6.88. The predicted molar refractivity (Wildman–Crippen MR) is 48.8 cm³/mol. The van der Waals surface area contributed by atoms with Gasteiger partial charge in [0, 0.05) is 99.2 Å². The molecule has 0 aliphatic rings. The summed E-state index contributed by atoms with van der Waals surface area (Å²) in [6.07, 6.45) is 0. The summed E-state index contributed by atoms with van der Waals surface area (Å²) in [5.74, 6) is 1.57. The van der Waals surface area contributed by atoms with Crippen LogP contribution in [0, 0.1) is 5.92 Å². The summed E-state index contributed by atoms with van der Waals surface area (Å²) in [6.45, 7) is 13.9. The third kappa shape index (κ3) is 8.60. The van der Waals surface area contributed by atoms with E-state index in [-0.39, 0.29) is 93.8 Å². The predicted octanol–water partition coefficient (Wildman–Crippen LogP) is 2.85. The van der Waals surface area contributed by atoms with Crippen molar-refractivity contribution in [2.45, 2.75) is 32.9 Å². The summed E-state index contributed by atoms with van der Waals surface area (Å²) >= 11 is 0. The van der Waals surface area contributed by atoms with Gasteiger partial charge in [-0.3, -0.25) is 5.92 Å². The van der Waals surface area contributed by atoms with Gasteiger partial charge in [0.15, 0.2) is 0 Å². The van der Waals surface area contributed by atoms with Gasteiger partial charge >= 0.3 is 0 Å². The molecule has 0 N–H and O–H groups in total. The largest absolute Gasteiger partial charge is 0.277 e. The van der Waals surface area contributed by atoms with E-state index >= 15 is 0 Å². The molecule has 0 aromatic carbocycles. The minimum absolute atomic E-state index is 0. The number of hydrogen-bond acceptors (Lipinski definition) is 0. The van der Waals surface area contributed by atoms with Crippen molar-refractivity contribution in [2.24, 2.45) is 0 Å². The Morgan fingerprint density at radius 1 is 1.00 bits per heavy atom. The third-order valence-electron chi connectivity index (χ3n) is 2.50. The molecule has 0 rings (SSSR count). The maximum atomic E-state index is 2.37. The zero-order valence-corrected chi connectivity index (χ0v) is 17.2. The van der Waals surface area contributed by atoms with Crippen molar-refractivity contribution < 1.29 is 85.8 Å². The normalized spacial score (nSPS) is 10.0. The molecule has 12 heavy (non-hydrogen) atoms. The van der Waals surface area contributed by atoms with E-state index in [0.29, 0.717) is 5.16 Å².